The zero-order valence-electron chi connectivity index (χ0n) is 15.7. The van der Waals surface area contributed by atoms with Gasteiger partial charge in [0.15, 0.2) is 0 Å². The van der Waals surface area contributed by atoms with Gasteiger partial charge in [0.25, 0.3) is 0 Å². The summed E-state index contributed by atoms with van der Waals surface area (Å²) < 4.78 is 0. The molecular formula is C22H21N5. The van der Waals surface area contributed by atoms with Crippen molar-refractivity contribution < 1.29 is 0 Å². The summed E-state index contributed by atoms with van der Waals surface area (Å²) in [7, 11) is 3.93. The fourth-order valence-electron chi connectivity index (χ4n) is 2.84. The maximum Gasteiger partial charge on any atom is 0.132 e. The first-order valence-corrected chi connectivity index (χ1v) is 8.54. The van der Waals surface area contributed by atoms with Crippen LogP contribution in [-0.2, 0) is 0 Å². The first-order valence-electron chi connectivity index (χ1n) is 8.54. The molecule has 5 heteroatoms. The van der Waals surface area contributed by atoms with E-state index in [9.17, 15) is 0 Å². The van der Waals surface area contributed by atoms with E-state index in [2.05, 4.69) is 47.1 Å². The molecule has 0 saturated carbocycles. The molecule has 3 rings (SSSR count). The molecule has 1 N–H and O–H groups in total. The zero-order chi connectivity index (χ0) is 19.4. The molecule has 1 aromatic heterocycles. The van der Waals surface area contributed by atoms with E-state index in [-0.39, 0.29) is 0 Å². The predicted octanol–water partition coefficient (Wildman–Crippen LogP) is 5.07. The summed E-state index contributed by atoms with van der Waals surface area (Å²) >= 11 is 0. The summed E-state index contributed by atoms with van der Waals surface area (Å²) in [5.74, 6) is 0.750. The van der Waals surface area contributed by atoms with Crippen LogP contribution in [0.3, 0.4) is 0 Å². The number of aliphatic imine (C=N–C) groups is 1. The lowest BCUT2D eigenvalue weighted by molar-refractivity contribution is 1.12. The van der Waals surface area contributed by atoms with Gasteiger partial charge in [-0.15, -0.1) is 0 Å². The van der Waals surface area contributed by atoms with Crippen molar-refractivity contribution in [1.29, 1.82) is 5.26 Å². The van der Waals surface area contributed by atoms with E-state index in [1.807, 2.05) is 55.4 Å². The summed E-state index contributed by atoms with van der Waals surface area (Å²) in [5, 5.41) is 12.3. The number of aromatic nitrogens is 1. The van der Waals surface area contributed by atoms with Gasteiger partial charge in [-0.1, -0.05) is 18.2 Å². The van der Waals surface area contributed by atoms with Gasteiger partial charge in [-0.05, 0) is 54.6 Å². The lowest BCUT2D eigenvalue weighted by Crippen LogP contribution is -2.09. The molecule has 0 aliphatic carbocycles. The minimum absolute atomic E-state index is 0.661. The molecule has 0 atom stereocenters. The summed E-state index contributed by atoms with van der Waals surface area (Å²) in [6, 6.07) is 17.9. The van der Waals surface area contributed by atoms with Crippen LogP contribution in [0.2, 0.25) is 0 Å². The summed E-state index contributed by atoms with van der Waals surface area (Å²) in [4.78, 5) is 10.4. The van der Waals surface area contributed by atoms with Gasteiger partial charge >= 0.3 is 0 Å². The average molecular weight is 355 g/mol. The van der Waals surface area contributed by atoms with E-state index in [0.717, 1.165) is 39.6 Å². The molecule has 27 heavy (non-hydrogen) atoms. The number of pyridine rings is 1. The van der Waals surface area contributed by atoms with Crippen molar-refractivity contribution in [1.82, 2.24) is 4.98 Å². The topological polar surface area (TPSA) is 64.3 Å². The molecule has 1 heterocycles. The Morgan fingerprint density at radius 1 is 1.07 bits per heavy atom. The number of benzene rings is 2. The largest absolute Gasteiger partial charge is 0.376 e. The van der Waals surface area contributed by atoms with Crippen LogP contribution in [0, 0.1) is 18.3 Å². The molecule has 0 bridgehead atoms. The monoisotopic (exact) mass is 355 g/mol. The summed E-state index contributed by atoms with van der Waals surface area (Å²) in [6.45, 7) is 5.65. The Bertz CT molecular complexity index is 1010. The van der Waals surface area contributed by atoms with E-state index in [0.29, 0.717) is 5.56 Å². The van der Waals surface area contributed by atoms with Gasteiger partial charge in [-0.3, -0.25) is 4.99 Å². The second-order valence-electron chi connectivity index (χ2n) is 6.45. The van der Waals surface area contributed by atoms with Gasteiger partial charge in [0.05, 0.1) is 23.5 Å². The highest BCUT2D eigenvalue weighted by molar-refractivity contribution is 5.75. The van der Waals surface area contributed by atoms with Crippen LogP contribution >= 0.6 is 0 Å². The number of hydrogen-bond acceptors (Lipinski definition) is 5. The van der Waals surface area contributed by atoms with Gasteiger partial charge in [-0.25, -0.2) is 4.98 Å². The Kier molecular flexibility index (Phi) is 5.18. The predicted molar refractivity (Wildman–Crippen MR) is 112 cm³/mol. The van der Waals surface area contributed by atoms with E-state index in [4.69, 9.17) is 5.26 Å². The lowest BCUT2D eigenvalue weighted by Gasteiger charge is -2.17. The van der Waals surface area contributed by atoms with Gasteiger partial charge in [0, 0.05) is 25.8 Å². The maximum absolute atomic E-state index is 8.93. The van der Waals surface area contributed by atoms with Crippen molar-refractivity contribution in [3.05, 3.63) is 65.9 Å². The van der Waals surface area contributed by atoms with Crippen molar-refractivity contribution in [3.8, 4) is 17.2 Å². The van der Waals surface area contributed by atoms with E-state index in [1.54, 1.807) is 6.20 Å². The standard InChI is InChI=1S/C22H21N5/c1-15-11-18(17-7-5-16(13-23)6-8-17)9-10-19(15)26-22-12-21(27(3)4)20(24-2)14-25-22/h5-12,14H,2H2,1,3-4H3,(H,25,26). The van der Waals surface area contributed by atoms with Crippen molar-refractivity contribution in [2.75, 3.05) is 24.3 Å². The number of aryl methyl sites for hydroxylation is 1. The molecule has 5 nitrogen and oxygen atoms in total. The number of rotatable bonds is 5. The molecule has 0 amide bonds. The molecule has 0 spiro atoms. The van der Waals surface area contributed by atoms with Crippen LogP contribution in [0.25, 0.3) is 11.1 Å². The number of nitriles is 1. The SMILES string of the molecule is C=Nc1cnc(Nc2ccc(-c3ccc(C#N)cc3)cc2C)cc1N(C)C. The molecule has 0 unspecified atom stereocenters. The van der Waals surface area contributed by atoms with Crippen LogP contribution in [0.1, 0.15) is 11.1 Å². The van der Waals surface area contributed by atoms with Crippen molar-refractivity contribution in [2.24, 2.45) is 4.99 Å². The number of nitrogens with one attached hydrogen (secondary N) is 1. The Hall–Kier alpha value is -3.65. The van der Waals surface area contributed by atoms with Gasteiger partial charge in [0.2, 0.25) is 0 Å². The maximum atomic E-state index is 8.93. The minimum atomic E-state index is 0.661. The highest BCUT2D eigenvalue weighted by atomic mass is 15.1. The number of anilines is 3. The van der Waals surface area contributed by atoms with Gasteiger partial charge in [-0.2, -0.15) is 5.26 Å². The van der Waals surface area contributed by atoms with Gasteiger partial charge < -0.3 is 10.2 Å². The first-order chi connectivity index (χ1) is 13.0. The van der Waals surface area contributed by atoms with E-state index < -0.39 is 0 Å². The minimum Gasteiger partial charge on any atom is -0.376 e. The molecule has 0 fully saturated rings. The zero-order valence-corrected chi connectivity index (χ0v) is 15.7. The molecule has 0 aliphatic heterocycles. The van der Waals surface area contributed by atoms with Crippen LogP contribution in [0.4, 0.5) is 22.9 Å². The fourth-order valence-corrected chi connectivity index (χ4v) is 2.84. The summed E-state index contributed by atoms with van der Waals surface area (Å²) in [5.41, 5.74) is 6.65. The van der Waals surface area contributed by atoms with E-state index >= 15 is 0 Å². The Morgan fingerprint density at radius 3 is 2.37 bits per heavy atom. The third-order valence-electron chi connectivity index (χ3n) is 4.35. The Morgan fingerprint density at radius 2 is 1.78 bits per heavy atom. The molecule has 2 aromatic carbocycles. The average Bonchev–Trinajstić information content (AvgIpc) is 2.69. The van der Waals surface area contributed by atoms with Crippen LogP contribution < -0.4 is 10.2 Å². The van der Waals surface area contributed by atoms with E-state index in [1.165, 1.54) is 0 Å². The summed E-state index contributed by atoms with van der Waals surface area (Å²) in [6.07, 6.45) is 1.71. The van der Waals surface area contributed by atoms with Crippen LogP contribution in [0.5, 0.6) is 0 Å². The smallest absolute Gasteiger partial charge is 0.132 e. The molecule has 0 aliphatic rings. The molecule has 0 radical (unpaired) electrons. The van der Waals surface area contributed by atoms with Crippen molar-refractivity contribution in [3.63, 3.8) is 0 Å². The Labute approximate surface area is 159 Å². The molecule has 0 saturated heterocycles. The quantitative estimate of drug-likeness (QED) is 0.649. The van der Waals surface area contributed by atoms with Crippen molar-refractivity contribution >= 4 is 29.6 Å². The Balaban J connectivity index is 1.87. The second-order valence-corrected chi connectivity index (χ2v) is 6.45. The lowest BCUT2D eigenvalue weighted by atomic mass is 10.0. The third-order valence-corrected chi connectivity index (χ3v) is 4.35. The van der Waals surface area contributed by atoms with Gasteiger partial charge in [0.1, 0.15) is 11.5 Å². The van der Waals surface area contributed by atoms with Crippen LogP contribution in [-0.4, -0.2) is 25.8 Å². The number of hydrogen-bond donors (Lipinski definition) is 1. The van der Waals surface area contributed by atoms with Crippen LogP contribution in [0.15, 0.2) is 59.7 Å². The first kappa shape index (κ1) is 18.2. The second kappa shape index (κ2) is 7.71. The highest BCUT2D eigenvalue weighted by Gasteiger charge is 2.08. The fraction of sp³-hybridized carbons (Fsp3) is 0.136. The highest BCUT2D eigenvalue weighted by Crippen LogP contribution is 2.31. The number of nitrogens with zero attached hydrogens (tertiary/aromatic N) is 4. The third kappa shape index (κ3) is 3.96. The van der Waals surface area contributed by atoms with Crippen molar-refractivity contribution in [2.45, 2.75) is 6.92 Å². The molecule has 3 aromatic rings. The normalized spacial score (nSPS) is 10.1. The molecular weight excluding hydrogens is 334 g/mol. The molecule has 134 valence electrons.